The number of urea groups is 1. The van der Waals surface area contributed by atoms with Crippen molar-refractivity contribution in [2.45, 2.75) is 33.8 Å². The molecule has 0 heterocycles. The number of hydrogen-bond acceptors (Lipinski definition) is 2. The Morgan fingerprint density at radius 3 is 2.09 bits per heavy atom. The summed E-state index contributed by atoms with van der Waals surface area (Å²) in [6.45, 7) is 8.01. The minimum atomic E-state index is -0.263. The first kappa shape index (κ1) is 15.9. The fraction of sp³-hybridized carbons (Fsp3) is 0.278. The summed E-state index contributed by atoms with van der Waals surface area (Å²) in [4.78, 5) is 12.0. The normalized spacial score (nSPS) is 10.4. The molecule has 2 N–H and O–H groups in total. The van der Waals surface area contributed by atoms with Crippen LogP contribution in [0.3, 0.4) is 0 Å². The molecule has 2 amide bonds. The van der Waals surface area contributed by atoms with Crippen molar-refractivity contribution in [3.8, 4) is 5.75 Å². The van der Waals surface area contributed by atoms with E-state index in [1.807, 2.05) is 70.2 Å². The van der Waals surface area contributed by atoms with Gasteiger partial charge in [-0.3, -0.25) is 0 Å². The van der Waals surface area contributed by atoms with Gasteiger partial charge < -0.3 is 15.4 Å². The summed E-state index contributed by atoms with van der Waals surface area (Å²) in [7, 11) is 0. The Morgan fingerprint density at radius 2 is 1.50 bits per heavy atom. The minimum absolute atomic E-state index is 0.131. The van der Waals surface area contributed by atoms with Crippen LogP contribution in [0.15, 0.2) is 42.5 Å². The molecule has 0 atom stereocenters. The van der Waals surface area contributed by atoms with E-state index in [2.05, 4.69) is 10.6 Å². The van der Waals surface area contributed by atoms with Gasteiger partial charge in [0.25, 0.3) is 0 Å². The lowest BCUT2D eigenvalue weighted by Crippen LogP contribution is -2.19. The number of carbonyl (C=O) groups excluding carboxylic acids is 1. The van der Waals surface area contributed by atoms with E-state index in [-0.39, 0.29) is 12.1 Å². The van der Waals surface area contributed by atoms with Crippen molar-refractivity contribution in [3.63, 3.8) is 0 Å². The van der Waals surface area contributed by atoms with Gasteiger partial charge in [-0.1, -0.05) is 6.07 Å². The third-order valence-corrected chi connectivity index (χ3v) is 3.25. The highest BCUT2D eigenvalue weighted by atomic mass is 16.5. The molecule has 0 spiro atoms. The average Bonchev–Trinajstić information content (AvgIpc) is 2.44. The Morgan fingerprint density at radius 1 is 0.909 bits per heavy atom. The Kier molecular flexibility index (Phi) is 5.04. The fourth-order valence-electron chi connectivity index (χ4n) is 2.00. The van der Waals surface area contributed by atoms with Gasteiger partial charge in [-0.15, -0.1) is 0 Å². The number of amides is 2. The van der Waals surface area contributed by atoms with Gasteiger partial charge in [0.1, 0.15) is 5.75 Å². The van der Waals surface area contributed by atoms with Crippen LogP contribution in [0, 0.1) is 13.8 Å². The monoisotopic (exact) mass is 298 g/mol. The summed E-state index contributed by atoms with van der Waals surface area (Å²) in [5, 5.41) is 5.62. The van der Waals surface area contributed by atoms with Crippen LogP contribution in [0.5, 0.6) is 5.75 Å². The number of ether oxygens (including phenoxy) is 1. The molecule has 0 radical (unpaired) electrons. The highest BCUT2D eigenvalue weighted by molar-refractivity contribution is 5.99. The second kappa shape index (κ2) is 6.98. The third-order valence-electron chi connectivity index (χ3n) is 3.25. The van der Waals surface area contributed by atoms with Crippen LogP contribution in [0.2, 0.25) is 0 Å². The van der Waals surface area contributed by atoms with Crippen LogP contribution in [0.4, 0.5) is 16.2 Å². The van der Waals surface area contributed by atoms with Crippen molar-refractivity contribution in [3.05, 3.63) is 53.6 Å². The van der Waals surface area contributed by atoms with Crippen LogP contribution in [-0.2, 0) is 0 Å². The van der Waals surface area contributed by atoms with E-state index in [1.165, 1.54) is 5.56 Å². The highest BCUT2D eigenvalue weighted by Crippen LogP contribution is 2.18. The maximum absolute atomic E-state index is 12.0. The molecule has 2 rings (SSSR count). The Balaban J connectivity index is 1.95. The van der Waals surface area contributed by atoms with Gasteiger partial charge in [0.2, 0.25) is 0 Å². The van der Waals surface area contributed by atoms with Crippen LogP contribution in [-0.4, -0.2) is 12.1 Å². The zero-order valence-corrected chi connectivity index (χ0v) is 13.4. The van der Waals surface area contributed by atoms with Gasteiger partial charge in [0.05, 0.1) is 6.10 Å². The minimum Gasteiger partial charge on any atom is -0.491 e. The number of rotatable bonds is 4. The maximum Gasteiger partial charge on any atom is 0.323 e. The van der Waals surface area contributed by atoms with Crippen LogP contribution < -0.4 is 15.4 Å². The van der Waals surface area contributed by atoms with E-state index in [0.29, 0.717) is 0 Å². The molecule has 2 aromatic rings. The van der Waals surface area contributed by atoms with E-state index in [1.54, 1.807) is 0 Å². The summed E-state index contributed by atoms with van der Waals surface area (Å²) in [6.07, 6.45) is 0.131. The molecule has 0 fully saturated rings. The van der Waals surface area contributed by atoms with Crippen LogP contribution in [0.25, 0.3) is 0 Å². The Hall–Kier alpha value is -2.49. The molecule has 0 aliphatic heterocycles. The number of aryl methyl sites for hydroxylation is 2. The molecule has 0 aliphatic rings. The van der Waals surface area contributed by atoms with Crippen molar-refractivity contribution in [2.24, 2.45) is 0 Å². The predicted octanol–water partition coefficient (Wildman–Crippen LogP) is 4.73. The standard InChI is InChI=1S/C18H22N2O2/c1-12(2)22-17-9-7-15(8-10-17)19-18(21)20-16-6-5-13(3)14(4)11-16/h5-12H,1-4H3,(H2,19,20,21). The summed E-state index contributed by atoms with van der Waals surface area (Å²) in [5.74, 6) is 0.787. The first-order valence-electron chi connectivity index (χ1n) is 7.36. The quantitative estimate of drug-likeness (QED) is 0.857. The van der Waals surface area contributed by atoms with E-state index < -0.39 is 0 Å². The van der Waals surface area contributed by atoms with E-state index >= 15 is 0 Å². The molecule has 0 saturated heterocycles. The maximum atomic E-state index is 12.0. The average molecular weight is 298 g/mol. The molecule has 116 valence electrons. The molecule has 0 aliphatic carbocycles. The topological polar surface area (TPSA) is 50.4 Å². The van der Waals surface area contributed by atoms with E-state index in [0.717, 1.165) is 22.7 Å². The smallest absolute Gasteiger partial charge is 0.323 e. The van der Waals surface area contributed by atoms with Crippen molar-refractivity contribution < 1.29 is 9.53 Å². The third kappa shape index (κ3) is 4.52. The zero-order valence-electron chi connectivity index (χ0n) is 13.4. The molecule has 2 aromatic carbocycles. The molecule has 4 heteroatoms. The lowest BCUT2D eigenvalue weighted by atomic mass is 10.1. The van der Waals surface area contributed by atoms with Gasteiger partial charge in [-0.05, 0) is 75.2 Å². The molecule has 4 nitrogen and oxygen atoms in total. The largest absolute Gasteiger partial charge is 0.491 e. The molecule has 0 aromatic heterocycles. The first-order valence-corrected chi connectivity index (χ1v) is 7.36. The number of benzene rings is 2. The molecule has 0 bridgehead atoms. The summed E-state index contributed by atoms with van der Waals surface area (Å²) < 4.78 is 5.57. The SMILES string of the molecule is Cc1ccc(NC(=O)Nc2ccc(OC(C)C)cc2)cc1C. The fourth-order valence-corrected chi connectivity index (χ4v) is 2.00. The molecule has 0 saturated carbocycles. The molecular weight excluding hydrogens is 276 g/mol. The lowest BCUT2D eigenvalue weighted by molar-refractivity contribution is 0.242. The van der Waals surface area contributed by atoms with Gasteiger partial charge in [0, 0.05) is 11.4 Å². The molecular formula is C18H22N2O2. The first-order chi connectivity index (χ1) is 10.4. The second-order valence-electron chi connectivity index (χ2n) is 5.57. The summed E-state index contributed by atoms with van der Waals surface area (Å²) in [5.41, 5.74) is 3.84. The van der Waals surface area contributed by atoms with Gasteiger partial charge in [-0.2, -0.15) is 0 Å². The Bertz CT molecular complexity index is 649. The highest BCUT2D eigenvalue weighted by Gasteiger charge is 2.04. The van der Waals surface area contributed by atoms with Crippen LogP contribution in [0.1, 0.15) is 25.0 Å². The molecule has 0 unspecified atom stereocenters. The van der Waals surface area contributed by atoms with Crippen molar-refractivity contribution in [1.29, 1.82) is 0 Å². The summed E-state index contributed by atoms with van der Waals surface area (Å²) >= 11 is 0. The number of nitrogens with one attached hydrogen (secondary N) is 2. The second-order valence-corrected chi connectivity index (χ2v) is 5.57. The predicted molar refractivity (Wildman–Crippen MR) is 90.8 cm³/mol. The van der Waals surface area contributed by atoms with E-state index in [4.69, 9.17) is 4.74 Å². The Labute approximate surface area is 131 Å². The van der Waals surface area contributed by atoms with E-state index in [9.17, 15) is 4.79 Å². The zero-order chi connectivity index (χ0) is 16.1. The van der Waals surface area contributed by atoms with Crippen molar-refractivity contribution in [1.82, 2.24) is 0 Å². The molecule has 22 heavy (non-hydrogen) atoms. The van der Waals surface area contributed by atoms with Gasteiger partial charge in [0.15, 0.2) is 0 Å². The number of carbonyl (C=O) groups is 1. The van der Waals surface area contributed by atoms with Gasteiger partial charge >= 0.3 is 6.03 Å². The lowest BCUT2D eigenvalue weighted by Gasteiger charge is -2.11. The van der Waals surface area contributed by atoms with Crippen molar-refractivity contribution >= 4 is 17.4 Å². The number of hydrogen-bond donors (Lipinski definition) is 2. The summed E-state index contributed by atoms with van der Waals surface area (Å²) in [6, 6.07) is 12.9. The van der Waals surface area contributed by atoms with Crippen LogP contribution >= 0.6 is 0 Å². The van der Waals surface area contributed by atoms with Gasteiger partial charge in [-0.25, -0.2) is 4.79 Å². The number of anilines is 2. The van der Waals surface area contributed by atoms with Crippen molar-refractivity contribution in [2.75, 3.05) is 10.6 Å².